The highest BCUT2D eigenvalue weighted by Gasteiger charge is 2.15. The highest BCUT2D eigenvalue weighted by Crippen LogP contribution is 2.43. The maximum absolute atomic E-state index is 11.9. The number of carbonyl (C=O) groups is 2. The second-order valence-electron chi connectivity index (χ2n) is 9.21. The van der Waals surface area contributed by atoms with E-state index in [1.165, 1.54) is 0 Å². The number of esters is 2. The zero-order chi connectivity index (χ0) is 29.5. The van der Waals surface area contributed by atoms with Crippen LogP contribution in [-0.2, 0) is 9.59 Å². The van der Waals surface area contributed by atoms with Gasteiger partial charge in [0.1, 0.15) is 23.0 Å². The van der Waals surface area contributed by atoms with Gasteiger partial charge in [0.05, 0.1) is 14.2 Å². The van der Waals surface area contributed by atoms with Gasteiger partial charge in [-0.15, -0.1) is 0 Å². The van der Waals surface area contributed by atoms with E-state index in [0.29, 0.717) is 22.6 Å². The molecule has 208 valence electrons. The third-order valence-electron chi connectivity index (χ3n) is 6.04. The Labute approximate surface area is 244 Å². The topological polar surface area (TPSA) is 71.1 Å². The van der Waals surface area contributed by atoms with E-state index in [-0.39, 0.29) is 0 Å². The van der Waals surface area contributed by atoms with E-state index >= 15 is 0 Å². The lowest BCUT2D eigenvalue weighted by molar-refractivity contribution is -0.130. The normalized spacial score (nSPS) is 10.4. The van der Waals surface area contributed by atoms with Crippen LogP contribution < -0.4 is 18.9 Å². The van der Waals surface area contributed by atoms with Crippen molar-refractivity contribution in [1.82, 2.24) is 0 Å². The van der Waals surface area contributed by atoms with Gasteiger partial charge in [0.2, 0.25) is 0 Å². The Morgan fingerprint density at radius 2 is 0.902 bits per heavy atom. The smallest absolute Gasteiger partial charge is 0.338 e. The van der Waals surface area contributed by atoms with Crippen LogP contribution in [0, 0.1) is 0 Å². The standard InChI is InChI=1S/C34H30O6S/c1-21(2)33(35)39-25-11-7-23(8-12-25)29-19-27(37-5)15-17-31(29)41-32-18-16-28(38-6)20-30(32)24-9-13-26(14-10-24)40-34(36)22(3)4/h7-20H,1,3H2,2,4-6H3. The summed E-state index contributed by atoms with van der Waals surface area (Å²) in [5.74, 6) is 1.38. The van der Waals surface area contributed by atoms with E-state index < -0.39 is 11.9 Å². The number of methoxy groups -OCH3 is 2. The number of benzene rings is 4. The molecule has 4 rings (SSSR count). The lowest BCUT2D eigenvalue weighted by atomic mass is 10.0. The average Bonchev–Trinajstić information content (AvgIpc) is 2.98. The van der Waals surface area contributed by atoms with Gasteiger partial charge in [-0.3, -0.25) is 0 Å². The predicted octanol–water partition coefficient (Wildman–Crippen LogP) is 8.15. The second-order valence-corrected chi connectivity index (χ2v) is 10.3. The molecule has 0 bridgehead atoms. The molecule has 0 aromatic heterocycles. The summed E-state index contributed by atoms with van der Waals surface area (Å²) in [6, 6.07) is 26.5. The molecule has 7 heteroatoms. The molecule has 0 amide bonds. The van der Waals surface area contributed by atoms with E-state index in [1.54, 1.807) is 64.1 Å². The molecule has 6 nitrogen and oxygen atoms in total. The van der Waals surface area contributed by atoms with Gasteiger partial charge in [0.15, 0.2) is 0 Å². The largest absolute Gasteiger partial charge is 0.497 e. The minimum atomic E-state index is -0.468. The molecular formula is C34H30O6S. The van der Waals surface area contributed by atoms with Crippen LogP contribution >= 0.6 is 11.8 Å². The average molecular weight is 567 g/mol. The van der Waals surface area contributed by atoms with Crippen molar-refractivity contribution in [3.63, 3.8) is 0 Å². The van der Waals surface area contributed by atoms with E-state index in [2.05, 4.69) is 13.2 Å². The number of carbonyl (C=O) groups excluding carboxylic acids is 2. The Balaban J connectivity index is 1.69. The molecule has 4 aromatic rings. The molecule has 0 aliphatic rings. The summed E-state index contributed by atoms with van der Waals surface area (Å²) < 4.78 is 21.7. The Hall–Kier alpha value is -4.75. The molecule has 41 heavy (non-hydrogen) atoms. The monoisotopic (exact) mass is 566 g/mol. The molecule has 0 aliphatic carbocycles. The van der Waals surface area contributed by atoms with Crippen molar-refractivity contribution in [2.75, 3.05) is 14.2 Å². The fraction of sp³-hybridized carbons (Fsp3) is 0.118. The first-order chi connectivity index (χ1) is 19.7. The van der Waals surface area contributed by atoms with Crippen molar-refractivity contribution in [1.29, 1.82) is 0 Å². The quantitative estimate of drug-likeness (QED) is 0.109. The van der Waals surface area contributed by atoms with E-state index in [9.17, 15) is 9.59 Å². The van der Waals surface area contributed by atoms with Crippen molar-refractivity contribution in [3.8, 4) is 45.3 Å². The summed E-state index contributed by atoms with van der Waals surface area (Å²) in [5, 5.41) is 0. The van der Waals surface area contributed by atoms with Gasteiger partial charge < -0.3 is 18.9 Å². The third-order valence-corrected chi connectivity index (χ3v) is 7.19. The Kier molecular flexibility index (Phi) is 9.32. The molecule has 0 unspecified atom stereocenters. The van der Waals surface area contributed by atoms with Crippen LogP contribution in [0.25, 0.3) is 22.3 Å². The number of hydrogen-bond donors (Lipinski definition) is 0. The Bertz CT molecular complexity index is 1480. The molecule has 0 radical (unpaired) electrons. The molecule has 0 aliphatic heterocycles. The van der Waals surface area contributed by atoms with Gasteiger partial charge in [0, 0.05) is 20.9 Å². The van der Waals surface area contributed by atoms with Gasteiger partial charge >= 0.3 is 11.9 Å². The lowest BCUT2D eigenvalue weighted by Gasteiger charge is -2.16. The first-order valence-electron chi connectivity index (χ1n) is 12.7. The maximum Gasteiger partial charge on any atom is 0.338 e. The summed E-state index contributed by atoms with van der Waals surface area (Å²) in [7, 11) is 3.26. The molecule has 4 aromatic carbocycles. The predicted molar refractivity (Wildman–Crippen MR) is 162 cm³/mol. The Morgan fingerprint density at radius 1 is 0.561 bits per heavy atom. The summed E-state index contributed by atoms with van der Waals surface area (Å²) in [6.45, 7) is 10.5. The van der Waals surface area contributed by atoms with Crippen molar-refractivity contribution in [3.05, 3.63) is 109 Å². The molecule has 0 atom stereocenters. The van der Waals surface area contributed by atoms with Crippen LogP contribution in [-0.4, -0.2) is 26.2 Å². The summed E-state index contributed by atoms with van der Waals surface area (Å²) in [4.78, 5) is 25.8. The fourth-order valence-electron chi connectivity index (χ4n) is 3.81. The van der Waals surface area contributed by atoms with Crippen molar-refractivity contribution >= 4 is 23.7 Å². The molecule has 0 N–H and O–H groups in total. The van der Waals surface area contributed by atoms with Gasteiger partial charge in [-0.2, -0.15) is 0 Å². The fourth-order valence-corrected chi connectivity index (χ4v) is 4.90. The van der Waals surface area contributed by atoms with Crippen molar-refractivity contribution in [2.45, 2.75) is 23.6 Å². The molecule has 0 saturated carbocycles. The van der Waals surface area contributed by atoms with Crippen molar-refractivity contribution < 1.29 is 28.5 Å². The zero-order valence-electron chi connectivity index (χ0n) is 23.4. The van der Waals surface area contributed by atoms with E-state index in [0.717, 1.165) is 43.5 Å². The van der Waals surface area contributed by atoms with Crippen LogP contribution in [0.3, 0.4) is 0 Å². The summed E-state index contributed by atoms with van der Waals surface area (Å²) in [5.41, 5.74) is 4.43. The zero-order valence-corrected chi connectivity index (χ0v) is 24.2. The van der Waals surface area contributed by atoms with Crippen LogP contribution in [0.1, 0.15) is 13.8 Å². The summed E-state index contributed by atoms with van der Waals surface area (Å²) in [6.07, 6.45) is 0. The third kappa shape index (κ3) is 7.26. The van der Waals surface area contributed by atoms with Crippen LogP contribution in [0.5, 0.6) is 23.0 Å². The van der Waals surface area contributed by atoms with Gasteiger partial charge in [-0.05, 0) is 96.8 Å². The molecular weight excluding hydrogens is 536 g/mol. The highest BCUT2D eigenvalue weighted by molar-refractivity contribution is 7.99. The SMILES string of the molecule is C=C(C)C(=O)Oc1ccc(-c2cc(OC)ccc2Sc2ccc(OC)cc2-c2ccc(OC(=O)C(=C)C)cc2)cc1. The maximum atomic E-state index is 11.9. The highest BCUT2D eigenvalue weighted by atomic mass is 32.2. The second kappa shape index (κ2) is 13.1. The summed E-state index contributed by atoms with van der Waals surface area (Å²) >= 11 is 1.60. The minimum Gasteiger partial charge on any atom is -0.497 e. The minimum absolute atomic E-state index is 0.332. The first-order valence-corrected chi connectivity index (χ1v) is 13.5. The molecule has 0 saturated heterocycles. The first kappa shape index (κ1) is 29.2. The molecule has 0 fully saturated rings. The Morgan fingerprint density at radius 3 is 1.22 bits per heavy atom. The van der Waals surface area contributed by atoms with Crippen LogP contribution in [0.2, 0.25) is 0 Å². The molecule has 0 spiro atoms. The van der Waals surface area contributed by atoms with Gasteiger partial charge in [-0.25, -0.2) is 9.59 Å². The number of ether oxygens (including phenoxy) is 4. The van der Waals surface area contributed by atoms with E-state index in [4.69, 9.17) is 18.9 Å². The van der Waals surface area contributed by atoms with Crippen LogP contribution in [0.15, 0.2) is 119 Å². The number of rotatable bonds is 10. The van der Waals surface area contributed by atoms with E-state index in [1.807, 2.05) is 60.7 Å². The van der Waals surface area contributed by atoms with Gasteiger partial charge in [0.25, 0.3) is 0 Å². The van der Waals surface area contributed by atoms with Crippen LogP contribution in [0.4, 0.5) is 0 Å². The van der Waals surface area contributed by atoms with Gasteiger partial charge in [-0.1, -0.05) is 49.2 Å². The number of hydrogen-bond acceptors (Lipinski definition) is 7. The van der Waals surface area contributed by atoms with Crippen molar-refractivity contribution in [2.24, 2.45) is 0 Å². The molecule has 0 heterocycles. The lowest BCUT2D eigenvalue weighted by Crippen LogP contribution is -2.07.